The lowest BCUT2D eigenvalue weighted by atomic mass is 9.83. The average Bonchev–Trinajstić information content (AvgIpc) is 2.21. The third-order valence-electron chi connectivity index (χ3n) is 2.52. The molecule has 15 heavy (non-hydrogen) atoms. The van der Waals surface area contributed by atoms with Crippen molar-refractivity contribution < 1.29 is 4.74 Å². The van der Waals surface area contributed by atoms with E-state index in [0.717, 1.165) is 21.3 Å². The highest BCUT2D eigenvalue weighted by atomic mass is 79.9. The molecule has 0 fully saturated rings. The van der Waals surface area contributed by atoms with Crippen molar-refractivity contribution in [2.45, 2.75) is 26.2 Å². The summed E-state index contributed by atoms with van der Waals surface area (Å²) in [6, 6.07) is 6.13. The van der Waals surface area contributed by atoms with Crippen LogP contribution in [0, 0.1) is 18.3 Å². The van der Waals surface area contributed by atoms with Crippen LogP contribution < -0.4 is 4.74 Å². The Morgan fingerprint density at radius 1 is 1.40 bits per heavy atom. The van der Waals surface area contributed by atoms with Crippen molar-refractivity contribution in [1.82, 2.24) is 0 Å². The van der Waals surface area contributed by atoms with E-state index >= 15 is 0 Å². The molecule has 1 rings (SSSR count). The summed E-state index contributed by atoms with van der Waals surface area (Å²) >= 11 is 3.48. The van der Waals surface area contributed by atoms with Crippen molar-refractivity contribution in [3.63, 3.8) is 0 Å². The maximum absolute atomic E-state index is 9.09. The van der Waals surface area contributed by atoms with Gasteiger partial charge in [-0.25, -0.2) is 0 Å². The summed E-state index contributed by atoms with van der Waals surface area (Å²) in [6.45, 7) is 5.81. The molecule has 0 bridgehead atoms. The third-order valence-corrected chi connectivity index (χ3v) is 3.51. The second-order valence-electron chi connectivity index (χ2n) is 3.99. The zero-order chi connectivity index (χ0) is 11.6. The zero-order valence-corrected chi connectivity index (χ0v) is 11.0. The predicted octanol–water partition coefficient (Wildman–Crippen LogP) is 3.57. The molecule has 1 aromatic rings. The first-order valence-corrected chi connectivity index (χ1v) is 5.48. The van der Waals surface area contributed by atoms with E-state index in [0.29, 0.717) is 0 Å². The fourth-order valence-corrected chi connectivity index (χ4v) is 2.06. The molecular weight excluding hydrogens is 254 g/mol. The third kappa shape index (κ3) is 2.15. The van der Waals surface area contributed by atoms with Gasteiger partial charge in [0.1, 0.15) is 5.75 Å². The van der Waals surface area contributed by atoms with E-state index in [1.54, 1.807) is 7.11 Å². The number of nitriles is 1. The van der Waals surface area contributed by atoms with Crippen LogP contribution in [0.5, 0.6) is 5.75 Å². The fourth-order valence-electron chi connectivity index (χ4n) is 1.56. The van der Waals surface area contributed by atoms with Crippen LogP contribution >= 0.6 is 15.9 Å². The Balaban J connectivity index is 3.38. The maximum Gasteiger partial charge on any atom is 0.133 e. The minimum atomic E-state index is -0.473. The van der Waals surface area contributed by atoms with Gasteiger partial charge < -0.3 is 4.74 Å². The van der Waals surface area contributed by atoms with Crippen LogP contribution in [0.4, 0.5) is 0 Å². The van der Waals surface area contributed by atoms with Gasteiger partial charge in [-0.1, -0.05) is 6.07 Å². The minimum Gasteiger partial charge on any atom is -0.496 e. The van der Waals surface area contributed by atoms with Crippen LogP contribution in [-0.4, -0.2) is 7.11 Å². The molecule has 80 valence electrons. The molecule has 2 nitrogen and oxygen atoms in total. The molecule has 3 heteroatoms. The molecule has 0 N–H and O–H groups in total. The Kier molecular flexibility index (Phi) is 3.41. The number of benzene rings is 1. The molecule has 0 aliphatic rings. The van der Waals surface area contributed by atoms with Gasteiger partial charge in [-0.15, -0.1) is 0 Å². The van der Waals surface area contributed by atoms with Crippen molar-refractivity contribution >= 4 is 15.9 Å². The maximum atomic E-state index is 9.09. The Morgan fingerprint density at radius 3 is 2.47 bits per heavy atom. The van der Waals surface area contributed by atoms with Crippen molar-refractivity contribution in [3.8, 4) is 11.8 Å². The normalized spacial score (nSPS) is 10.9. The summed E-state index contributed by atoms with van der Waals surface area (Å²) in [5.74, 6) is 0.796. The fraction of sp³-hybridized carbons (Fsp3) is 0.417. The van der Waals surface area contributed by atoms with E-state index in [2.05, 4.69) is 22.0 Å². The molecule has 0 saturated carbocycles. The summed E-state index contributed by atoms with van der Waals surface area (Å²) in [5, 5.41) is 9.09. The summed E-state index contributed by atoms with van der Waals surface area (Å²) in [4.78, 5) is 0. The lowest BCUT2D eigenvalue weighted by molar-refractivity contribution is 0.411. The minimum absolute atomic E-state index is 0.473. The molecule has 0 amide bonds. The van der Waals surface area contributed by atoms with Gasteiger partial charge in [0, 0.05) is 0 Å². The Hall–Kier alpha value is -1.01. The molecule has 1 aromatic carbocycles. The number of hydrogen-bond acceptors (Lipinski definition) is 2. The summed E-state index contributed by atoms with van der Waals surface area (Å²) in [5.41, 5.74) is 1.61. The smallest absolute Gasteiger partial charge is 0.133 e. The van der Waals surface area contributed by atoms with Crippen LogP contribution in [0.15, 0.2) is 16.6 Å². The highest BCUT2D eigenvalue weighted by Gasteiger charge is 2.23. The van der Waals surface area contributed by atoms with Gasteiger partial charge in [0.05, 0.1) is 23.1 Å². The summed E-state index contributed by atoms with van der Waals surface area (Å²) < 4.78 is 6.12. The Bertz CT molecular complexity index is 418. The SMILES string of the molecule is COc1ccc(C(C)(C)C#N)c(C)c1Br. The summed E-state index contributed by atoms with van der Waals surface area (Å²) in [7, 11) is 1.63. The Labute approximate surface area is 99.0 Å². The lowest BCUT2D eigenvalue weighted by Gasteiger charge is -2.20. The molecule has 0 aliphatic carbocycles. The van der Waals surface area contributed by atoms with E-state index in [1.165, 1.54) is 0 Å². The van der Waals surface area contributed by atoms with E-state index in [9.17, 15) is 0 Å². The first kappa shape index (κ1) is 12.1. The molecule has 0 heterocycles. The number of halogens is 1. The lowest BCUT2D eigenvalue weighted by Crippen LogP contribution is -2.15. The highest BCUT2D eigenvalue weighted by molar-refractivity contribution is 9.10. The molecule has 0 aliphatic heterocycles. The molecule has 0 saturated heterocycles. The zero-order valence-electron chi connectivity index (χ0n) is 9.39. The monoisotopic (exact) mass is 267 g/mol. The number of nitrogens with zero attached hydrogens (tertiary/aromatic N) is 1. The van der Waals surface area contributed by atoms with E-state index in [1.807, 2.05) is 32.9 Å². The van der Waals surface area contributed by atoms with Crippen LogP contribution in [-0.2, 0) is 5.41 Å². The van der Waals surface area contributed by atoms with Crippen LogP contribution in [0.25, 0.3) is 0 Å². The van der Waals surface area contributed by atoms with Crippen LogP contribution in [0.2, 0.25) is 0 Å². The molecule has 0 aromatic heterocycles. The van der Waals surface area contributed by atoms with E-state index in [-0.39, 0.29) is 0 Å². The number of ether oxygens (including phenoxy) is 1. The molecule has 0 atom stereocenters. The van der Waals surface area contributed by atoms with Crippen molar-refractivity contribution in [2.75, 3.05) is 7.11 Å². The van der Waals surface area contributed by atoms with E-state index in [4.69, 9.17) is 10.00 Å². The second kappa shape index (κ2) is 4.24. The van der Waals surface area contributed by atoms with E-state index < -0.39 is 5.41 Å². The van der Waals surface area contributed by atoms with Crippen molar-refractivity contribution in [3.05, 3.63) is 27.7 Å². The van der Waals surface area contributed by atoms with Gasteiger partial charge in [-0.3, -0.25) is 0 Å². The van der Waals surface area contributed by atoms with Gasteiger partial charge in [-0.2, -0.15) is 5.26 Å². The first-order valence-electron chi connectivity index (χ1n) is 4.69. The largest absolute Gasteiger partial charge is 0.496 e. The average molecular weight is 268 g/mol. The quantitative estimate of drug-likeness (QED) is 0.821. The molecule has 0 spiro atoms. The number of hydrogen-bond donors (Lipinski definition) is 0. The first-order chi connectivity index (χ1) is 6.94. The van der Waals surface area contributed by atoms with Gasteiger partial charge in [-0.05, 0) is 53.9 Å². The van der Waals surface area contributed by atoms with Crippen molar-refractivity contribution in [2.24, 2.45) is 0 Å². The van der Waals surface area contributed by atoms with Gasteiger partial charge >= 0.3 is 0 Å². The van der Waals surface area contributed by atoms with Gasteiger partial charge in [0.2, 0.25) is 0 Å². The Morgan fingerprint density at radius 2 is 2.00 bits per heavy atom. The number of rotatable bonds is 2. The standard InChI is InChI=1S/C12H14BrNO/c1-8-9(12(2,3)7-14)5-6-10(15-4)11(8)13/h5-6H,1-4H3. The topological polar surface area (TPSA) is 33.0 Å². The number of methoxy groups -OCH3 is 1. The van der Waals surface area contributed by atoms with Gasteiger partial charge in [0.15, 0.2) is 0 Å². The van der Waals surface area contributed by atoms with Gasteiger partial charge in [0.25, 0.3) is 0 Å². The predicted molar refractivity (Wildman–Crippen MR) is 64.1 cm³/mol. The molecule has 0 unspecified atom stereocenters. The second-order valence-corrected chi connectivity index (χ2v) is 4.78. The van der Waals surface area contributed by atoms with Crippen LogP contribution in [0.3, 0.4) is 0 Å². The highest BCUT2D eigenvalue weighted by Crippen LogP contribution is 2.35. The molecule has 0 radical (unpaired) electrons. The summed E-state index contributed by atoms with van der Waals surface area (Å²) in [6.07, 6.45) is 0. The molecular formula is C12H14BrNO. The van der Waals surface area contributed by atoms with Crippen LogP contribution in [0.1, 0.15) is 25.0 Å². The van der Waals surface area contributed by atoms with Crippen molar-refractivity contribution in [1.29, 1.82) is 5.26 Å².